The second-order valence-corrected chi connectivity index (χ2v) is 6.69. The first-order valence-corrected chi connectivity index (χ1v) is 9.04. The van der Waals surface area contributed by atoms with Crippen molar-refractivity contribution >= 4 is 44.8 Å². The minimum atomic E-state index is -0.395. The van der Waals surface area contributed by atoms with E-state index in [1.54, 1.807) is 24.3 Å². The van der Waals surface area contributed by atoms with E-state index in [1.165, 1.54) is 13.3 Å². The molecule has 0 saturated carbocycles. The standard InChI is InChI=1S/C21H17BrN2O3/c1-27-21(26)15-8-6-14(7-9-15)13-23-24-20(25)12-16-10-11-19(22)18-5-3-2-4-17(16)18/h2-11,13H,12H2,1H3,(H,24,25)/b23-13+. The van der Waals surface area contributed by atoms with Crippen LogP contribution in [0.4, 0.5) is 0 Å². The van der Waals surface area contributed by atoms with Gasteiger partial charge in [0, 0.05) is 4.47 Å². The molecule has 6 heteroatoms. The largest absolute Gasteiger partial charge is 0.465 e. The highest BCUT2D eigenvalue weighted by molar-refractivity contribution is 9.10. The fraction of sp³-hybridized carbons (Fsp3) is 0.0952. The Bertz CT molecular complexity index is 1010. The third kappa shape index (κ3) is 4.60. The van der Waals surface area contributed by atoms with Gasteiger partial charge in [-0.25, -0.2) is 10.2 Å². The molecule has 0 aliphatic rings. The van der Waals surface area contributed by atoms with Gasteiger partial charge in [0.25, 0.3) is 0 Å². The van der Waals surface area contributed by atoms with E-state index in [9.17, 15) is 9.59 Å². The topological polar surface area (TPSA) is 67.8 Å². The molecular formula is C21H17BrN2O3. The van der Waals surface area contributed by atoms with E-state index < -0.39 is 5.97 Å². The Morgan fingerprint density at radius 3 is 2.44 bits per heavy atom. The average Bonchev–Trinajstić information content (AvgIpc) is 2.70. The number of hydrazone groups is 1. The molecule has 0 radical (unpaired) electrons. The minimum Gasteiger partial charge on any atom is -0.465 e. The van der Waals surface area contributed by atoms with Gasteiger partial charge < -0.3 is 4.74 Å². The SMILES string of the molecule is COC(=O)c1ccc(/C=N/NC(=O)Cc2ccc(Br)c3ccccc23)cc1. The molecule has 136 valence electrons. The van der Waals surface area contributed by atoms with Crippen LogP contribution in [-0.4, -0.2) is 25.2 Å². The molecular weight excluding hydrogens is 408 g/mol. The van der Waals surface area contributed by atoms with Gasteiger partial charge in [0.15, 0.2) is 0 Å². The number of halogens is 1. The van der Waals surface area contributed by atoms with E-state index in [4.69, 9.17) is 0 Å². The second-order valence-electron chi connectivity index (χ2n) is 5.84. The maximum Gasteiger partial charge on any atom is 0.337 e. The Balaban J connectivity index is 1.64. The molecule has 3 aromatic rings. The number of amides is 1. The van der Waals surface area contributed by atoms with Gasteiger partial charge in [-0.05, 0) is 40.1 Å². The van der Waals surface area contributed by atoms with Crippen molar-refractivity contribution in [2.24, 2.45) is 5.10 Å². The highest BCUT2D eigenvalue weighted by Gasteiger charge is 2.08. The van der Waals surface area contributed by atoms with Crippen molar-refractivity contribution in [1.82, 2.24) is 5.43 Å². The summed E-state index contributed by atoms with van der Waals surface area (Å²) in [5.74, 6) is -0.599. The molecule has 0 fully saturated rings. The molecule has 1 amide bonds. The van der Waals surface area contributed by atoms with Gasteiger partial charge in [-0.15, -0.1) is 0 Å². The van der Waals surface area contributed by atoms with Crippen LogP contribution in [0.15, 0.2) is 70.2 Å². The van der Waals surface area contributed by atoms with Crippen LogP contribution in [0.25, 0.3) is 10.8 Å². The number of nitrogens with zero attached hydrogens (tertiary/aromatic N) is 1. The van der Waals surface area contributed by atoms with Crippen molar-refractivity contribution in [1.29, 1.82) is 0 Å². The van der Waals surface area contributed by atoms with Crippen LogP contribution in [-0.2, 0) is 16.0 Å². The number of hydrogen-bond donors (Lipinski definition) is 1. The monoisotopic (exact) mass is 424 g/mol. The van der Waals surface area contributed by atoms with E-state index in [0.29, 0.717) is 5.56 Å². The van der Waals surface area contributed by atoms with Crippen molar-refractivity contribution in [3.05, 3.63) is 81.8 Å². The van der Waals surface area contributed by atoms with E-state index >= 15 is 0 Å². The Kier molecular flexibility index (Phi) is 5.98. The first kappa shape index (κ1) is 18.8. The molecule has 0 spiro atoms. The zero-order valence-electron chi connectivity index (χ0n) is 14.6. The summed E-state index contributed by atoms with van der Waals surface area (Å²) in [6.45, 7) is 0. The average molecular weight is 425 g/mol. The van der Waals surface area contributed by atoms with Gasteiger partial charge in [-0.2, -0.15) is 5.10 Å². The predicted molar refractivity (Wildman–Crippen MR) is 109 cm³/mol. The summed E-state index contributed by atoms with van der Waals surface area (Å²) in [6.07, 6.45) is 1.76. The van der Waals surface area contributed by atoms with Crippen LogP contribution in [0.5, 0.6) is 0 Å². The summed E-state index contributed by atoms with van der Waals surface area (Å²) in [6, 6.07) is 18.5. The number of fused-ring (bicyclic) bond motifs is 1. The Morgan fingerprint density at radius 2 is 1.74 bits per heavy atom. The summed E-state index contributed by atoms with van der Waals surface area (Å²) < 4.78 is 5.65. The van der Waals surface area contributed by atoms with E-state index in [2.05, 4.69) is 31.2 Å². The van der Waals surface area contributed by atoms with Crippen LogP contribution in [0.2, 0.25) is 0 Å². The summed E-state index contributed by atoms with van der Waals surface area (Å²) in [4.78, 5) is 23.6. The number of benzene rings is 3. The molecule has 27 heavy (non-hydrogen) atoms. The normalized spacial score (nSPS) is 10.9. The molecule has 0 saturated heterocycles. The second kappa shape index (κ2) is 8.60. The predicted octanol–water partition coefficient (Wildman–Crippen LogP) is 4.08. The van der Waals surface area contributed by atoms with Gasteiger partial charge >= 0.3 is 5.97 Å². The molecule has 0 aromatic heterocycles. The molecule has 5 nitrogen and oxygen atoms in total. The van der Waals surface area contributed by atoms with E-state index in [-0.39, 0.29) is 12.3 Å². The Labute approximate surface area is 165 Å². The number of hydrogen-bond acceptors (Lipinski definition) is 4. The summed E-state index contributed by atoms with van der Waals surface area (Å²) in [7, 11) is 1.34. The molecule has 0 atom stereocenters. The Morgan fingerprint density at radius 1 is 1.04 bits per heavy atom. The zero-order valence-corrected chi connectivity index (χ0v) is 16.2. The zero-order chi connectivity index (χ0) is 19.2. The third-order valence-electron chi connectivity index (χ3n) is 4.05. The number of nitrogens with one attached hydrogen (secondary N) is 1. The lowest BCUT2D eigenvalue weighted by molar-refractivity contribution is -0.120. The first-order chi connectivity index (χ1) is 13.1. The van der Waals surface area contributed by atoms with Crippen LogP contribution >= 0.6 is 15.9 Å². The Hall–Kier alpha value is -2.99. The van der Waals surface area contributed by atoms with Crippen LogP contribution in [0.1, 0.15) is 21.5 Å². The highest BCUT2D eigenvalue weighted by Crippen LogP contribution is 2.27. The number of rotatable bonds is 5. The van der Waals surface area contributed by atoms with Crippen molar-refractivity contribution in [2.75, 3.05) is 7.11 Å². The quantitative estimate of drug-likeness (QED) is 0.381. The van der Waals surface area contributed by atoms with Crippen LogP contribution in [0.3, 0.4) is 0 Å². The van der Waals surface area contributed by atoms with E-state index in [1.807, 2.05) is 36.4 Å². The first-order valence-electron chi connectivity index (χ1n) is 8.25. The lowest BCUT2D eigenvalue weighted by atomic mass is 10.0. The number of carbonyl (C=O) groups is 2. The van der Waals surface area contributed by atoms with Crippen molar-refractivity contribution in [3.8, 4) is 0 Å². The summed E-state index contributed by atoms with van der Waals surface area (Å²) in [5.41, 5.74) is 4.69. The minimum absolute atomic E-state index is 0.204. The van der Waals surface area contributed by atoms with Gasteiger partial charge in [0.05, 0.1) is 25.3 Å². The lowest BCUT2D eigenvalue weighted by Crippen LogP contribution is -2.19. The molecule has 1 N–H and O–H groups in total. The lowest BCUT2D eigenvalue weighted by Gasteiger charge is -2.07. The molecule has 0 unspecified atom stereocenters. The van der Waals surface area contributed by atoms with Gasteiger partial charge in [-0.1, -0.05) is 58.4 Å². The van der Waals surface area contributed by atoms with Crippen LogP contribution < -0.4 is 5.43 Å². The fourth-order valence-corrected chi connectivity index (χ4v) is 3.17. The number of methoxy groups -OCH3 is 1. The summed E-state index contributed by atoms with van der Waals surface area (Å²) in [5, 5.41) is 6.08. The maximum atomic E-state index is 12.2. The van der Waals surface area contributed by atoms with Crippen molar-refractivity contribution < 1.29 is 14.3 Å². The maximum absolute atomic E-state index is 12.2. The van der Waals surface area contributed by atoms with Crippen molar-refractivity contribution in [2.45, 2.75) is 6.42 Å². The molecule has 0 bridgehead atoms. The van der Waals surface area contributed by atoms with Gasteiger partial charge in [-0.3, -0.25) is 4.79 Å². The van der Waals surface area contributed by atoms with Crippen molar-refractivity contribution in [3.63, 3.8) is 0 Å². The molecule has 0 aliphatic carbocycles. The fourth-order valence-electron chi connectivity index (χ4n) is 2.69. The number of carbonyl (C=O) groups excluding carboxylic acids is 2. The van der Waals surface area contributed by atoms with E-state index in [0.717, 1.165) is 26.4 Å². The van der Waals surface area contributed by atoms with Gasteiger partial charge in [0.1, 0.15) is 0 Å². The number of ether oxygens (including phenoxy) is 1. The summed E-state index contributed by atoms with van der Waals surface area (Å²) >= 11 is 3.53. The molecule has 3 aromatic carbocycles. The van der Waals surface area contributed by atoms with Gasteiger partial charge in [0.2, 0.25) is 5.91 Å². The molecule has 0 aliphatic heterocycles. The third-order valence-corrected chi connectivity index (χ3v) is 4.74. The number of esters is 1. The smallest absolute Gasteiger partial charge is 0.337 e. The molecule has 0 heterocycles. The van der Waals surface area contributed by atoms with Crippen LogP contribution in [0, 0.1) is 0 Å². The molecule has 3 rings (SSSR count). The highest BCUT2D eigenvalue weighted by atomic mass is 79.9.